The highest BCUT2D eigenvalue weighted by Gasteiger charge is 2.21. The van der Waals surface area contributed by atoms with Gasteiger partial charge in [0.15, 0.2) is 0 Å². The molecule has 0 unspecified atom stereocenters. The minimum Gasteiger partial charge on any atom is -0.462 e. The van der Waals surface area contributed by atoms with E-state index >= 15 is 0 Å². The Morgan fingerprint density at radius 2 is 2.06 bits per heavy atom. The van der Waals surface area contributed by atoms with Gasteiger partial charge in [-0.1, -0.05) is 38.1 Å². The van der Waals surface area contributed by atoms with Gasteiger partial charge in [-0.25, -0.2) is 0 Å². The molecule has 1 atom stereocenters. The van der Waals surface area contributed by atoms with Gasteiger partial charge in [0.05, 0.1) is 0 Å². The van der Waals surface area contributed by atoms with Crippen LogP contribution in [0.1, 0.15) is 37.8 Å². The monoisotopic (exact) mass is 232 g/mol. The van der Waals surface area contributed by atoms with Crippen LogP contribution in [0.2, 0.25) is 0 Å². The van der Waals surface area contributed by atoms with E-state index in [1.807, 2.05) is 13.8 Å². The van der Waals surface area contributed by atoms with Gasteiger partial charge >= 0.3 is 5.97 Å². The van der Waals surface area contributed by atoms with Crippen LogP contribution in [0.25, 0.3) is 0 Å². The molecule has 1 aromatic rings. The van der Waals surface area contributed by atoms with Gasteiger partial charge < -0.3 is 4.74 Å². The average molecular weight is 232 g/mol. The molecule has 0 spiro atoms. The number of hydrogen-bond donors (Lipinski definition) is 0. The van der Waals surface area contributed by atoms with E-state index < -0.39 is 0 Å². The fourth-order valence-electron chi connectivity index (χ4n) is 2.33. The summed E-state index contributed by atoms with van der Waals surface area (Å²) in [5.41, 5.74) is 2.74. The molecule has 2 heteroatoms. The van der Waals surface area contributed by atoms with Crippen LogP contribution >= 0.6 is 0 Å². The molecule has 0 saturated carbocycles. The van der Waals surface area contributed by atoms with Crippen LogP contribution in [0, 0.1) is 5.92 Å². The molecular weight excluding hydrogens is 212 g/mol. The summed E-state index contributed by atoms with van der Waals surface area (Å²) in [6.07, 6.45) is 3.46. The number of carbonyl (C=O) groups excluding carboxylic acids is 1. The molecule has 92 valence electrons. The Labute approximate surface area is 103 Å². The van der Waals surface area contributed by atoms with Crippen molar-refractivity contribution in [2.75, 3.05) is 0 Å². The molecule has 0 bridgehead atoms. The SMILES string of the molecule is CC(C)CC(=O)O[C@H]1CCc2ccccc2C1. The van der Waals surface area contributed by atoms with Crippen molar-refractivity contribution >= 4 is 5.97 Å². The van der Waals surface area contributed by atoms with Crippen LogP contribution in [-0.2, 0) is 22.4 Å². The van der Waals surface area contributed by atoms with Gasteiger partial charge in [-0.15, -0.1) is 0 Å². The number of rotatable bonds is 3. The number of esters is 1. The van der Waals surface area contributed by atoms with Gasteiger partial charge in [0.1, 0.15) is 6.10 Å². The van der Waals surface area contributed by atoms with Crippen LogP contribution < -0.4 is 0 Å². The highest BCUT2D eigenvalue weighted by atomic mass is 16.5. The van der Waals surface area contributed by atoms with Crippen molar-refractivity contribution < 1.29 is 9.53 Å². The average Bonchev–Trinajstić information content (AvgIpc) is 2.27. The first-order chi connectivity index (χ1) is 8.15. The topological polar surface area (TPSA) is 26.3 Å². The van der Waals surface area contributed by atoms with Crippen LogP contribution in [0.5, 0.6) is 0 Å². The van der Waals surface area contributed by atoms with Gasteiger partial charge in [-0.3, -0.25) is 4.79 Å². The molecule has 0 radical (unpaired) electrons. The van der Waals surface area contributed by atoms with Gasteiger partial charge in [0, 0.05) is 12.8 Å². The Hall–Kier alpha value is -1.31. The van der Waals surface area contributed by atoms with E-state index in [-0.39, 0.29) is 12.1 Å². The van der Waals surface area contributed by atoms with E-state index in [9.17, 15) is 4.79 Å². The summed E-state index contributed by atoms with van der Waals surface area (Å²) >= 11 is 0. The largest absolute Gasteiger partial charge is 0.462 e. The lowest BCUT2D eigenvalue weighted by molar-refractivity contribution is -0.150. The highest BCUT2D eigenvalue weighted by molar-refractivity contribution is 5.69. The molecule has 0 aromatic heterocycles. The minimum absolute atomic E-state index is 0.0515. The Morgan fingerprint density at radius 3 is 2.76 bits per heavy atom. The smallest absolute Gasteiger partial charge is 0.306 e. The lowest BCUT2D eigenvalue weighted by Gasteiger charge is -2.24. The number of benzene rings is 1. The summed E-state index contributed by atoms with van der Waals surface area (Å²) in [6, 6.07) is 8.43. The molecule has 1 aliphatic carbocycles. The van der Waals surface area contributed by atoms with E-state index in [1.165, 1.54) is 11.1 Å². The molecule has 0 amide bonds. The highest BCUT2D eigenvalue weighted by Crippen LogP contribution is 2.23. The Balaban J connectivity index is 1.92. The normalized spacial score (nSPS) is 18.9. The molecule has 0 fully saturated rings. The van der Waals surface area contributed by atoms with Crippen molar-refractivity contribution in [2.24, 2.45) is 5.92 Å². The number of aryl methyl sites for hydroxylation is 1. The predicted octanol–water partition coefficient (Wildman–Crippen LogP) is 3.13. The van der Waals surface area contributed by atoms with Crippen molar-refractivity contribution in [3.8, 4) is 0 Å². The predicted molar refractivity (Wildman–Crippen MR) is 67.8 cm³/mol. The van der Waals surface area contributed by atoms with Crippen LogP contribution in [0.4, 0.5) is 0 Å². The third kappa shape index (κ3) is 3.32. The first-order valence-corrected chi connectivity index (χ1v) is 6.41. The van der Waals surface area contributed by atoms with Crippen molar-refractivity contribution in [3.05, 3.63) is 35.4 Å². The van der Waals surface area contributed by atoms with Crippen molar-refractivity contribution in [1.82, 2.24) is 0 Å². The number of carbonyl (C=O) groups is 1. The zero-order valence-electron chi connectivity index (χ0n) is 10.6. The van der Waals surface area contributed by atoms with Crippen LogP contribution in [-0.4, -0.2) is 12.1 Å². The Bertz CT molecular complexity index is 396. The second kappa shape index (κ2) is 5.35. The number of ether oxygens (including phenoxy) is 1. The summed E-state index contributed by atoms with van der Waals surface area (Å²) in [7, 11) is 0. The molecule has 2 nitrogen and oxygen atoms in total. The molecule has 17 heavy (non-hydrogen) atoms. The van der Waals surface area contributed by atoms with Crippen LogP contribution in [0.3, 0.4) is 0 Å². The Kier molecular flexibility index (Phi) is 3.82. The summed E-state index contributed by atoms with van der Waals surface area (Å²) in [6.45, 7) is 4.08. The summed E-state index contributed by atoms with van der Waals surface area (Å²) in [5, 5.41) is 0. The third-order valence-electron chi connectivity index (χ3n) is 3.17. The fraction of sp³-hybridized carbons (Fsp3) is 0.533. The maximum Gasteiger partial charge on any atom is 0.306 e. The van der Waals surface area contributed by atoms with E-state index in [4.69, 9.17) is 4.74 Å². The lowest BCUT2D eigenvalue weighted by atomic mass is 9.90. The summed E-state index contributed by atoms with van der Waals surface area (Å²) in [5.74, 6) is 0.322. The molecule has 1 aliphatic rings. The molecule has 1 aromatic carbocycles. The molecular formula is C15H20O2. The molecule has 2 rings (SSSR count). The number of fused-ring (bicyclic) bond motifs is 1. The summed E-state index contributed by atoms with van der Waals surface area (Å²) < 4.78 is 5.52. The van der Waals surface area contributed by atoms with E-state index in [1.54, 1.807) is 0 Å². The third-order valence-corrected chi connectivity index (χ3v) is 3.17. The Morgan fingerprint density at radius 1 is 1.35 bits per heavy atom. The lowest BCUT2D eigenvalue weighted by Crippen LogP contribution is -2.26. The van der Waals surface area contributed by atoms with Crippen molar-refractivity contribution in [1.29, 1.82) is 0 Å². The standard InChI is InChI=1S/C15H20O2/c1-11(2)9-15(16)17-14-8-7-12-5-3-4-6-13(12)10-14/h3-6,11,14H,7-10H2,1-2H3/t14-/m0/s1. The first-order valence-electron chi connectivity index (χ1n) is 6.41. The molecule has 0 saturated heterocycles. The van der Waals surface area contributed by atoms with Crippen LogP contribution in [0.15, 0.2) is 24.3 Å². The van der Waals surface area contributed by atoms with Gasteiger partial charge in [-0.2, -0.15) is 0 Å². The first kappa shape index (κ1) is 12.2. The fourth-order valence-corrected chi connectivity index (χ4v) is 2.33. The number of hydrogen-bond acceptors (Lipinski definition) is 2. The molecule has 0 N–H and O–H groups in total. The molecule has 0 heterocycles. The van der Waals surface area contributed by atoms with Crippen molar-refractivity contribution in [2.45, 2.75) is 45.6 Å². The maximum atomic E-state index is 11.6. The zero-order valence-corrected chi connectivity index (χ0v) is 10.6. The maximum absolute atomic E-state index is 11.6. The van der Waals surface area contributed by atoms with Gasteiger partial charge in [0.25, 0.3) is 0 Å². The van der Waals surface area contributed by atoms with Gasteiger partial charge in [-0.05, 0) is 29.9 Å². The quantitative estimate of drug-likeness (QED) is 0.748. The summed E-state index contributed by atoms with van der Waals surface area (Å²) in [4.78, 5) is 11.6. The second-order valence-corrected chi connectivity index (χ2v) is 5.22. The van der Waals surface area contributed by atoms with Crippen molar-refractivity contribution in [3.63, 3.8) is 0 Å². The van der Waals surface area contributed by atoms with E-state index in [0.29, 0.717) is 12.3 Å². The minimum atomic E-state index is -0.0515. The van der Waals surface area contributed by atoms with E-state index in [2.05, 4.69) is 24.3 Å². The zero-order chi connectivity index (χ0) is 12.3. The second-order valence-electron chi connectivity index (χ2n) is 5.22. The molecule has 0 aliphatic heterocycles. The van der Waals surface area contributed by atoms with Gasteiger partial charge in [0.2, 0.25) is 0 Å². The van der Waals surface area contributed by atoms with E-state index in [0.717, 1.165) is 19.3 Å².